The summed E-state index contributed by atoms with van der Waals surface area (Å²) in [6.45, 7) is 0.529. The van der Waals surface area contributed by atoms with E-state index in [1.807, 2.05) is 47.8 Å². The van der Waals surface area contributed by atoms with Crippen LogP contribution in [-0.2, 0) is 6.54 Å². The van der Waals surface area contributed by atoms with Crippen LogP contribution in [-0.4, -0.2) is 11.0 Å². The maximum atomic E-state index is 11.9. The molecule has 2 heterocycles. The quantitative estimate of drug-likeness (QED) is 0.771. The van der Waals surface area contributed by atoms with E-state index in [1.54, 1.807) is 17.5 Å². The number of nitrogens with one attached hydrogen (secondary N) is 2. The van der Waals surface area contributed by atoms with Gasteiger partial charge < -0.3 is 10.6 Å². The highest BCUT2D eigenvalue weighted by Gasteiger charge is 2.06. The molecular formula is C15H13N3OS. The summed E-state index contributed by atoms with van der Waals surface area (Å²) in [7, 11) is 0. The van der Waals surface area contributed by atoms with Gasteiger partial charge in [0.15, 0.2) is 0 Å². The van der Waals surface area contributed by atoms with Crippen LogP contribution in [0.5, 0.6) is 0 Å². The first-order valence-electron chi connectivity index (χ1n) is 6.24. The second kappa shape index (κ2) is 5.71. The monoisotopic (exact) mass is 283 g/mol. The number of hydrogen-bond donors (Lipinski definition) is 2. The molecule has 3 rings (SSSR count). The van der Waals surface area contributed by atoms with Crippen molar-refractivity contribution in [1.29, 1.82) is 0 Å². The van der Waals surface area contributed by atoms with Gasteiger partial charge in [0.05, 0.1) is 17.7 Å². The number of hydrogen-bond acceptors (Lipinski definition) is 3. The number of fused-ring (bicyclic) bond motifs is 1. The van der Waals surface area contributed by atoms with Gasteiger partial charge in [-0.3, -0.25) is 4.98 Å². The van der Waals surface area contributed by atoms with Gasteiger partial charge in [-0.05, 0) is 23.6 Å². The van der Waals surface area contributed by atoms with Gasteiger partial charge in [0.1, 0.15) is 0 Å². The van der Waals surface area contributed by atoms with Crippen LogP contribution >= 0.6 is 11.3 Å². The Labute approximate surface area is 120 Å². The third kappa shape index (κ3) is 2.78. The number of carbonyl (C=O) groups excluding carboxylic acids is 1. The van der Waals surface area contributed by atoms with Crippen molar-refractivity contribution < 1.29 is 4.79 Å². The van der Waals surface area contributed by atoms with Crippen molar-refractivity contribution in [2.45, 2.75) is 6.54 Å². The minimum absolute atomic E-state index is 0.225. The molecule has 3 aromatic rings. The first-order chi connectivity index (χ1) is 9.83. The van der Waals surface area contributed by atoms with Gasteiger partial charge in [0, 0.05) is 16.5 Å². The van der Waals surface area contributed by atoms with E-state index in [1.165, 1.54) is 0 Å². The largest absolute Gasteiger partial charge is 0.333 e. The summed E-state index contributed by atoms with van der Waals surface area (Å²) in [5.41, 5.74) is 1.51. The highest BCUT2D eigenvalue weighted by molar-refractivity contribution is 7.09. The first-order valence-corrected chi connectivity index (χ1v) is 7.12. The molecule has 1 aromatic carbocycles. The highest BCUT2D eigenvalue weighted by atomic mass is 32.1. The van der Waals surface area contributed by atoms with Crippen LogP contribution in [0, 0.1) is 0 Å². The lowest BCUT2D eigenvalue weighted by Crippen LogP contribution is -2.27. The van der Waals surface area contributed by atoms with E-state index in [-0.39, 0.29) is 6.03 Å². The number of para-hydroxylation sites is 1. The van der Waals surface area contributed by atoms with Crippen molar-refractivity contribution in [2.75, 3.05) is 5.32 Å². The third-order valence-corrected chi connectivity index (χ3v) is 3.76. The van der Waals surface area contributed by atoms with Gasteiger partial charge in [-0.15, -0.1) is 11.3 Å². The van der Waals surface area contributed by atoms with Crippen LogP contribution in [0.15, 0.2) is 54.0 Å². The van der Waals surface area contributed by atoms with E-state index in [2.05, 4.69) is 15.6 Å². The molecule has 0 spiro atoms. The molecule has 0 atom stereocenters. The fourth-order valence-corrected chi connectivity index (χ4v) is 2.60. The predicted octanol–water partition coefficient (Wildman–Crippen LogP) is 3.62. The standard InChI is InChI=1S/C15H13N3OS/c19-15(17-10-12-6-3-9-20-12)18-13-7-1-4-11-5-2-8-16-14(11)13/h1-9H,10H2,(H2,17,18,19). The van der Waals surface area contributed by atoms with Crippen LogP contribution in [0.25, 0.3) is 10.9 Å². The van der Waals surface area contributed by atoms with Crippen LogP contribution in [0.4, 0.5) is 10.5 Å². The van der Waals surface area contributed by atoms with E-state index < -0.39 is 0 Å². The number of benzene rings is 1. The minimum Gasteiger partial charge on any atom is -0.333 e. The molecule has 0 aliphatic rings. The van der Waals surface area contributed by atoms with Crippen LogP contribution in [0.2, 0.25) is 0 Å². The number of carbonyl (C=O) groups is 1. The average molecular weight is 283 g/mol. The smallest absolute Gasteiger partial charge is 0.319 e. The van der Waals surface area contributed by atoms with Crippen molar-refractivity contribution in [3.05, 3.63) is 58.9 Å². The number of urea groups is 1. The molecular weight excluding hydrogens is 270 g/mol. The van der Waals surface area contributed by atoms with Crippen molar-refractivity contribution in [1.82, 2.24) is 10.3 Å². The van der Waals surface area contributed by atoms with Gasteiger partial charge in [-0.2, -0.15) is 0 Å². The summed E-state index contributed by atoms with van der Waals surface area (Å²) in [5.74, 6) is 0. The number of nitrogens with zero attached hydrogens (tertiary/aromatic N) is 1. The number of rotatable bonds is 3. The van der Waals surface area contributed by atoms with E-state index in [0.717, 1.165) is 15.8 Å². The Morgan fingerprint density at radius 2 is 2.05 bits per heavy atom. The fraction of sp³-hybridized carbons (Fsp3) is 0.0667. The maximum Gasteiger partial charge on any atom is 0.319 e. The average Bonchev–Trinajstić information content (AvgIpc) is 2.99. The second-order valence-electron chi connectivity index (χ2n) is 4.27. The first kappa shape index (κ1) is 12.6. The Morgan fingerprint density at radius 3 is 2.90 bits per heavy atom. The molecule has 20 heavy (non-hydrogen) atoms. The number of thiophene rings is 1. The molecule has 100 valence electrons. The molecule has 0 saturated heterocycles. The third-order valence-electron chi connectivity index (χ3n) is 2.88. The van der Waals surface area contributed by atoms with Crippen LogP contribution < -0.4 is 10.6 Å². The molecule has 5 heteroatoms. The lowest BCUT2D eigenvalue weighted by molar-refractivity contribution is 0.252. The number of aromatic nitrogens is 1. The summed E-state index contributed by atoms with van der Waals surface area (Å²) in [6.07, 6.45) is 1.72. The topological polar surface area (TPSA) is 54.0 Å². The van der Waals surface area contributed by atoms with E-state index in [4.69, 9.17) is 0 Å². The van der Waals surface area contributed by atoms with Crippen molar-refractivity contribution >= 4 is 34.0 Å². The highest BCUT2D eigenvalue weighted by Crippen LogP contribution is 2.20. The number of pyridine rings is 1. The summed E-state index contributed by atoms with van der Waals surface area (Å²) in [4.78, 5) is 17.3. The molecule has 0 aliphatic carbocycles. The number of anilines is 1. The molecule has 4 nitrogen and oxygen atoms in total. The zero-order chi connectivity index (χ0) is 13.8. The molecule has 0 bridgehead atoms. The van der Waals surface area contributed by atoms with E-state index in [0.29, 0.717) is 12.2 Å². The molecule has 2 aromatic heterocycles. The van der Waals surface area contributed by atoms with Gasteiger partial charge in [0.25, 0.3) is 0 Å². The molecule has 0 aliphatic heterocycles. The molecule has 0 fully saturated rings. The SMILES string of the molecule is O=C(NCc1cccs1)Nc1cccc2cccnc12. The zero-order valence-electron chi connectivity index (χ0n) is 10.7. The molecule has 0 unspecified atom stereocenters. The summed E-state index contributed by atoms with van der Waals surface area (Å²) in [5, 5.41) is 8.66. The zero-order valence-corrected chi connectivity index (χ0v) is 11.5. The Hall–Kier alpha value is -2.40. The van der Waals surface area contributed by atoms with Crippen LogP contribution in [0.1, 0.15) is 4.88 Å². The van der Waals surface area contributed by atoms with Crippen molar-refractivity contribution in [3.8, 4) is 0 Å². The summed E-state index contributed by atoms with van der Waals surface area (Å²) >= 11 is 1.62. The maximum absolute atomic E-state index is 11.9. The van der Waals surface area contributed by atoms with Crippen molar-refractivity contribution in [3.63, 3.8) is 0 Å². The van der Waals surface area contributed by atoms with Crippen molar-refractivity contribution in [2.24, 2.45) is 0 Å². The fourth-order valence-electron chi connectivity index (χ4n) is 1.95. The molecule has 0 saturated carbocycles. The van der Waals surface area contributed by atoms with Gasteiger partial charge in [-0.25, -0.2) is 4.79 Å². The summed E-state index contributed by atoms with van der Waals surface area (Å²) < 4.78 is 0. The molecule has 0 radical (unpaired) electrons. The predicted molar refractivity (Wildman–Crippen MR) is 81.9 cm³/mol. The van der Waals surface area contributed by atoms with E-state index >= 15 is 0 Å². The Kier molecular flexibility index (Phi) is 3.60. The van der Waals surface area contributed by atoms with Gasteiger partial charge in [-0.1, -0.05) is 24.3 Å². The normalized spacial score (nSPS) is 10.4. The Morgan fingerprint density at radius 1 is 1.15 bits per heavy atom. The van der Waals surface area contributed by atoms with E-state index in [9.17, 15) is 4.79 Å². The lowest BCUT2D eigenvalue weighted by atomic mass is 10.2. The van der Waals surface area contributed by atoms with Gasteiger partial charge in [0.2, 0.25) is 0 Å². The molecule has 2 N–H and O–H groups in total. The summed E-state index contributed by atoms with van der Waals surface area (Å²) in [6, 6.07) is 13.3. The second-order valence-corrected chi connectivity index (χ2v) is 5.30. The Bertz CT molecular complexity index is 720. The number of amides is 2. The molecule has 2 amide bonds. The van der Waals surface area contributed by atoms with Crippen LogP contribution in [0.3, 0.4) is 0 Å². The minimum atomic E-state index is -0.225. The Balaban J connectivity index is 1.71. The van der Waals surface area contributed by atoms with Gasteiger partial charge >= 0.3 is 6.03 Å². The lowest BCUT2D eigenvalue weighted by Gasteiger charge is -2.08.